The predicted molar refractivity (Wildman–Crippen MR) is 51.1 cm³/mol. The van der Waals surface area contributed by atoms with Gasteiger partial charge in [0.15, 0.2) is 0 Å². The second-order valence-electron chi connectivity index (χ2n) is 2.98. The average molecular weight is 165 g/mol. The van der Waals surface area contributed by atoms with Crippen molar-refractivity contribution in [3.63, 3.8) is 0 Å². The second-order valence-corrected chi connectivity index (χ2v) is 2.98. The van der Waals surface area contributed by atoms with Gasteiger partial charge in [0.05, 0.1) is 0 Å². The smallest absolute Gasteiger partial charge is 0.0359 e. The average Bonchev–Trinajstić information content (AvgIpc) is 2.12. The van der Waals surface area contributed by atoms with Crippen molar-refractivity contribution in [2.45, 2.75) is 18.5 Å². The summed E-state index contributed by atoms with van der Waals surface area (Å²) in [6, 6.07) is -0.0940. The number of rotatable bonds is 1. The molecule has 0 heterocycles. The van der Waals surface area contributed by atoms with Gasteiger partial charge in [-0.15, -0.1) is 0 Å². The molecule has 3 nitrogen and oxygen atoms in total. The van der Waals surface area contributed by atoms with Gasteiger partial charge < -0.3 is 17.2 Å². The quantitative estimate of drug-likeness (QED) is 0.511. The van der Waals surface area contributed by atoms with Crippen molar-refractivity contribution in [1.82, 2.24) is 0 Å². The predicted octanol–water partition coefficient (Wildman–Crippen LogP) is -0.000300. The molecule has 12 heavy (non-hydrogen) atoms. The molecular weight excluding hydrogens is 150 g/mol. The van der Waals surface area contributed by atoms with Gasteiger partial charge in [0.1, 0.15) is 0 Å². The minimum absolute atomic E-state index is 0.00370. The van der Waals surface area contributed by atoms with E-state index in [2.05, 4.69) is 6.58 Å². The van der Waals surface area contributed by atoms with Crippen LogP contribution >= 0.6 is 0 Å². The Morgan fingerprint density at radius 1 is 1.50 bits per heavy atom. The van der Waals surface area contributed by atoms with Crippen LogP contribution in [0, 0.1) is 0 Å². The van der Waals surface area contributed by atoms with Crippen molar-refractivity contribution in [2.75, 3.05) is 0 Å². The van der Waals surface area contributed by atoms with E-state index in [1.54, 1.807) is 12.2 Å². The largest absolute Gasteiger partial charge is 0.398 e. The van der Waals surface area contributed by atoms with Crippen molar-refractivity contribution in [3.8, 4) is 0 Å². The summed E-state index contributed by atoms with van der Waals surface area (Å²) in [5.74, 6) is 0. The minimum Gasteiger partial charge on any atom is -0.398 e. The zero-order valence-electron chi connectivity index (χ0n) is 7.03. The van der Waals surface area contributed by atoms with E-state index in [4.69, 9.17) is 17.2 Å². The molecule has 1 aliphatic carbocycles. The van der Waals surface area contributed by atoms with E-state index in [0.717, 1.165) is 12.0 Å². The molecule has 2 atom stereocenters. The summed E-state index contributed by atoms with van der Waals surface area (Å²) < 4.78 is 0. The molecule has 1 aliphatic rings. The van der Waals surface area contributed by atoms with Gasteiger partial charge in [-0.05, 0) is 18.1 Å². The van der Waals surface area contributed by atoms with Crippen LogP contribution in [0.1, 0.15) is 6.42 Å². The highest BCUT2D eigenvalue weighted by molar-refractivity contribution is 5.36. The van der Waals surface area contributed by atoms with Crippen molar-refractivity contribution in [2.24, 2.45) is 17.2 Å². The summed E-state index contributed by atoms with van der Waals surface area (Å²) in [5, 5.41) is 0. The molecule has 0 aromatic heterocycles. The van der Waals surface area contributed by atoms with Crippen LogP contribution in [0.2, 0.25) is 0 Å². The number of allylic oxidation sites excluding steroid dienone is 1. The fourth-order valence-electron chi connectivity index (χ4n) is 1.31. The Morgan fingerprint density at radius 2 is 2.17 bits per heavy atom. The maximum atomic E-state index is 5.84. The first-order chi connectivity index (χ1) is 5.65. The first-order valence-corrected chi connectivity index (χ1v) is 3.96. The van der Waals surface area contributed by atoms with Gasteiger partial charge in [-0.3, -0.25) is 0 Å². The highest BCUT2D eigenvalue weighted by Crippen LogP contribution is 2.14. The third-order valence-electron chi connectivity index (χ3n) is 2.00. The molecule has 0 amide bonds. The molecule has 0 bridgehead atoms. The second kappa shape index (κ2) is 3.56. The zero-order chi connectivity index (χ0) is 9.14. The SMILES string of the molecule is C=CC1=C(N)C=CC(N)CC1N. The molecule has 6 N–H and O–H groups in total. The van der Waals surface area contributed by atoms with Crippen LogP contribution in [0.15, 0.2) is 36.1 Å². The van der Waals surface area contributed by atoms with Crippen molar-refractivity contribution < 1.29 is 0 Å². The van der Waals surface area contributed by atoms with Gasteiger partial charge >= 0.3 is 0 Å². The van der Waals surface area contributed by atoms with E-state index in [-0.39, 0.29) is 12.1 Å². The molecule has 0 saturated heterocycles. The van der Waals surface area contributed by atoms with E-state index in [0.29, 0.717) is 5.70 Å². The lowest BCUT2D eigenvalue weighted by Crippen LogP contribution is -2.30. The molecule has 0 aromatic rings. The van der Waals surface area contributed by atoms with Gasteiger partial charge in [-0.25, -0.2) is 0 Å². The van der Waals surface area contributed by atoms with Gasteiger partial charge in [0.25, 0.3) is 0 Å². The molecule has 0 saturated carbocycles. The third-order valence-corrected chi connectivity index (χ3v) is 2.00. The first kappa shape index (κ1) is 9.03. The standard InChI is InChI=1S/C9H15N3/c1-2-7-8(11)4-3-6(10)5-9(7)12/h2-4,6,9H,1,5,10-12H2. The molecule has 2 unspecified atom stereocenters. The van der Waals surface area contributed by atoms with E-state index in [1.165, 1.54) is 0 Å². The molecule has 0 fully saturated rings. The van der Waals surface area contributed by atoms with Gasteiger partial charge in [0, 0.05) is 17.8 Å². The van der Waals surface area contributed by atoms with Gasteiger partial charge in [0.2, 0.25) is 0 Å². The normalized spacial score (nSPS) is 30.2. The van der Waals surface area contributed by atoms with Crippen LogP contribution in [0.3, 0.4) is 0 Å². The van der Waals surface area contributed by atoms with Crippen molar-refractivity contribution >= 4 is 0 Å². The fraction of sp³-hybridized carbons (Fsp3) is 0.333. The zero-order valence-corrected chi connectivity index (χ0v) is 7.03. The lowest BCUT2D eigenvalue weighted by Gasteiger charge is -2.13. The van der Waals surface area contributed by atoms with Crippen molar-refractivity contribution in [1.29, 1.82) is 0 Å². The molecule has 0 spiro atoms. The van der Waals surface area contributed by atoms with Crippen LogP contribution in [0.5, 0.6) is 0 Å². The molecular formula is C9H15N3. The molecule has 0 radical (unpaired) electrons. The maximum Gasteiger partial charge on any atom is 0.0359 e. The molecule has 0 aliphatic heterocycles. The Bertz CT molecular complexity index is 240. The van der Waals surface area contributed by atoms with Crippen LogP contribution in [-0.2, 0) is 0 Å². The fourth-order valence-corrected chi connectivity index (χ4v) is 1.31. The van der Waals surface area contributed by atoms with E-state index >= 15 is 0 Å². The third kappa shape index (κ3) is 1.75. The first-order valence-electron chi connectivity index (χ1n) is 3.96. The lowest BCUT2D eigenvalue weighted by atomic mass is 10.0. The topological polar surface area (TPSA) is 78.1 Å². The van der Waals surface area contributed by atoms with Crippen LogP contribution in [0.25, 0.3) is 0 Å². The lowest BCUT2D eigenvalue weighted by molar-refractivity contribution is 0.643. The summed E-state index contributed by atoms with van der Waals surface area (Å²) >= 11 is 0. The number of hydrogen-bond acceptors (Lipinski definition) is 3. The Morgan fingerprint density at radius 3 is 2.75 bits per heavy atom. The van der Waals surface area contributed by atoms with Gasteiger partial charge in [-0.2, -0.15) is 0 Å². The summed E-state index contributed by atoms with van der Waals surface area (Å²) in [5.41, 5.74) is 18.9. The molecule has 1 rings (SSSR count). The van der Waals surface area contributed by atoms with Crippen LogP contribution in [-0.4, -0.2) is 12.1 Å². The summed E-state index contributed by atoms with van der Waals surface area (Å²) in [4.78, 5) is 0. The summed E-state index contributed by atoms with van der Waals surface area (Å²) in [6.45, 7) is 3.66. The van der Waals surface area contributed by atoms with Gasteiger partial charge in [-0.1, -0.05) is 18.7 Å². The summed E-state index contributed by atoms with van der Waals surface area (Å²) in [7, 11) is 0. The molecule has 3 heteroatoms. The molecule has 66 valence electrons. The van der Waals surface area contributed by atoms with Crippen LogP contribution in [0.4, 0.5) is 0 Å². The van der Waals surface area contributed by atoms with Crippen LogP contribution < -0.4 is 17.2 Å². The minimum atomic E-state index is -0.0903. The van der Waals surface area contributed by atoms with E-state index in [1.807, 2.05) is 6.08 Å². The maximum absolute atomic E-state index is 5.84. The van der Waals surface area contributed by atoms with E-state index in [9.17, 15) is 0 Å². The number of hydrogen-bond donors (Lipinski definition) is 3. The monoisotopic (exact) mass is 165 g/mol. The molecule has 0 aromatic carbocycles. The summed E-state index contributed by atoms with van der Waals surface area (Å²) in [6.07, 6.45) is 6.08. The highest BCUT2D eigenvalue weighted by atomic mass is 14.7. The Hall–Kier alpha value is -1.06. The van der Waals surface area contributed by atoms with E-state index < -0.39 is 0 Å². The van der Waals surface area contributed by atoms with Crippen molar-refractivity contribution in [3.05, 3.63) is 36.1 Å². The Kier molecular flexibility index (Phi) is 2.68. The highest BCUT2D eigenvalue weighted by Gasteiger charge is 2.15. The number of nitrogens with two attached hydrogens (primary N) is 3. The Labute approximate surface area is 72.6 Å². The Balaban J connectivity index is 2.95.